The lowest BCUT2D eigenvalue weighted by Crippen LogP contribution is -2.36. The smallest absolute Gasteiger partial charge is 0.243 e. The van der Waals surface area contributed by atoms with Gasteiger partial charge in [-0.25, -0.2) is 8.42 Å². The largest absolute Gasteiger partial charge is 0.326 e. The van der Waals surface area contributed by atoms with E-state index in [1.165, 1.54) is 4.31 Å². The molecule has 1 aliphatic carbocycles. The van der Waals surface area contributed by atoms with Gasteiger partial charge in [0.15, 0.2) is 0 Å². The van der Waals surface area contributed by atoms with Gasteiger partial charge in [0, 0.05) is 19.6 Å². The fraction of sp³-hybridized carbons (Fsp3) is 0.571. The number of benzene rings is 1. The van der Waals surface area contributed by atoms with Gasteiger partial charge in [0.05, 0.1) is 4.90 Å². The summed E-state index contributed by atoms with van der Waals surface area (Å²) in [6, 6.07) is 5.25. The molecule has 0 radical (unpaired) electrons. The van der Waals surface area contributed by atoms with Gasteiger partial charge in [-0.2, -0.15) is 4.31 Å². The Morgan fingerprint density at radius 3 is 2.58 bits per heavy atom. The van der Waals surface area contributed by atoms with E-state index in [0.29, 0.717) is 17.4 Å². The molecule has 1 aliphatic rings. The number of nitrogens with two attached hydrogens (primary N) is 1. The summed E-state index contributed by atoms with van der Waals surface area (Å²) in [5, 5.41) is 0. The molecule has 0 aliphatic heterocycles. The van der Waals surface area contributed by atoms with Crippen LogP contribution in [0.5, 0.6) is 0 Å². The summed E-state index contributed by atoms with van der Waals surface area (Å²) in [5.41, 5.74) is 7.56. The number of sulfonamides is 1. The summed E-state index contributed by atoms with van der Waals surface area (Å²) in [6.07, 6.45) is 2.26. The van der Waals surface area contributed by atoms with E-state index >= 15 is 0 Å². The average Bonchev–Trinajstić information content (AvgIpc) is 3.21. The third-order valence-corrected chi connectivity index (χ3v) is 6.04. The molecule has 2 rings (SSSR count). The normalized spacial score (nSPS) is 17.7. The molecule has 0 heterocycles. The molecule has 19 heavy (non-hydrogen) atoms. The Morgan fingerprint density at radius 1 is 1.42 bits per heavy atom. The van der Waals surface area contributed by atoms with Crippen LogP contribution in [0.1, 0.15) is 30.9 Å². The van der Waals surface area contributed by atoms with Crippen molar-refractivity contribution in [3.8, 4) is 0 Å². The van der Waals surface area contributed by atoms with E-state index in [4.69, 9.17) is 5.73 Å². The van der Waals surface area contributed by atoms with Gasteiger partial charge in [-0.1, -0.05) is 6.07 Å². The first kappa shape index (κ1) is 14.5. The Balaban J connectivity index is 2.33. The van der Waals surface area contributed by atoms with Crippen molar-refractivity contribution in [1.29, 1.82) is 0 Å². The van der Waals surface area contributed by atoms with E-state index in [9.17, 15) is 8.42 Å². The van der Waals surface area contributed by atoms with E-state index < -0.39 is 10.0 Å². The SMILES string of the molecule is Cc1ccc(S(=O)(=O)N(C)C(C)C2CC2)cc1CN. The third-order valence-electron chi connectivity index (χ3n) is 4.10. The maximum absolute atomic E-state index is 12.6. The topological polar surface area (TPSA) is 63.4 Å². The minimum absolute atomic E-state index is 0.0626. The molecular formula is C14H22N2O2S. The Bertz CT molecular complexity index is 565. The standard InChI is InChI=1S/C14H22N2O2S/c1-10-4-7-14(8-13(10)9-15)19(17,18)16(3)11(2)12-5-6-12/h4,7-8,11-12H,5-6,9,15H2,1-3H3. The van der Waals surface area contributed by atoms with Gasteiger partial charge in [-0.15, -0.1) is 0 Å². The van der Waals surface area contributed by atoms with Crippen LogP contribution in [-0.2, 0) is 16.6 Å². The predicted molar refractivity (Wildman–Crippen MR) is 76.2 cm³/mol. The monoisotopic (exact) mass is 282 g/mol. The minimum Gasteiger partial charge on any atom is -0.326 e. The molecule has 0 spiro atoms. The number of hydrogen-bond acceptors (Lipinski definition) is 3. The lowest BCUT2D eigenvalue weighted by molar-refractivity contribution is 0.357. The van der Waals surface area contributed by atoms with Crippen molar-refractivity contribution in [1.82, 2.24) is 4.31 Å². The van der Waals surface area contributed by atoms with E-state index in [1.807, 2.05) is 19.9 Å². The molecule has 1 aromatic carbocycles. The van der Waals surface area contributed by atoms with Crippen LogP contribution >= 0.6 is 0 Å². The number of nitrogens with zero attached hydrogens (tertiary/aromatic N) is 1. The highest BCUT2D eigenvalue weighted by molar-refractivity contribution is 7.89. The van der Waals surface area contributed by atoms with Crippen LogP contribution in [0.3, 0.4) is 0 Å². The van der Waals surface area contributed by atoms with Gasteiger partial charge in [-0.3, -0.25) is 0 Å². The molecule has 2 N–H and O–H groups in total. The van der Waals surface area contributed by atoms with E-state index in [2.05, 4.69) is 0 Å². The van der Waals surface area contributed by atoms with Crippen molar-refractivity contribution < 1.29 is 8.42 Å². The number of rotatable bonds is 5. The van der Waals surface area contributed by atoms with Crippen LogP contribution in [0, 0.1) is 12.8 Å². The lowest BCUT2D eigenvalue weighted by atomic mass is 10.1. The molecule has 1 fully saturated rings. The maximum Gasteiger partial charge on any atom is 0.243 e. The summed E-state index contributed by atoms with van der Waals surface area (Å²) in [6.45, 7) is 4.28. The number of aryl methyl sites for hydroxylation is 1. The average molecular weight is 282 g/mol. The molecular weight excluding hydrogens is 260 g/mol. The van der Waals surface area contributed by atoms with Crippen molar-refractivity contribution in [2.45, 2.75) is 44.2 Å². The summed E-state index contributed by atoms with van der Waals surface area (Å²) >= 11 is 0. The van der Waals surface area contributed by atoms with Crippen LogP contribution in [-0.4, -0.2) is 25.8 Å². The van der Waals surface area contributed by atoms with Crippen LogP contribution in [0.15, 0.2) is 23.1 Å². The second kappa shape index (κ2) is 5.23. The molecule has 1 atom stereocenters. The Labute approximate surface area is 115 Å². The highest BCUT2D eigenvalue weighted by Crippen LogP contribution is 2.36. The fourth-order valence-electron chi connectivity index (χ4n) is 2.29. The maximum atomic E-state index is 12.6. The van der Waals surface area contributed by atoms with Gasteiger partial charge in [0.1, 0.15) is 0 Å². The molecule has 1 aromatic rings. The molecule has 1 saturated carbocycles. The second-order valence-corrected chi connectivity index (χ2v) is 7.39. The van der Waals surface area contributed by atoms with Gasteiger partial charge < -0.3 is 5.73 Å². The summed E-state index contributed by atoms with van der Waals surface area (Å²) in [5.74, 6) is 0.513. The molecule has 106 valence electrons. The van der Waals surface area contributed by atoms with Crippen LogP contribution in [0.2, 0.25) is 0 Å². The van der Waals surface area contributed by atoms with Crippen molar-refractivity contribution in [2.24, 2.45) is 11.7 Å². The van der Waals surface area contributed by atoms with Crippen LogP contribution in [0.4, 0.5) is 0 Å². The minimum atomic E-state index is -3.41. The molecule has 4 nitrogen and oxygen atoms in total. The van der Waals surface area contributed by atoms with Crippen molar-refractivity contribution in [2.75, 3.05) is 7.05 Å². The van der Waals surface area contributed by atoms with E-state index in [-0.39, 0.29) is 6.04 Å². The van der Waals surface area contributed by atoms with E-state index in [1.54, 1.807) is 19.2 Å². The van der Waals surface area contributed by atoms with Gasteiger partial charge in [0.2, 0.25) is 10.0 Å². The van der Waals surface area contributed by atoms with Crippen molar-refractivity contribution >= 4 is 10.0 Å². The zero-order valence-corrected chi connectivity index (χ0v) is 12.6. The molecule has 0 saturated heterocycles. The number of hydrogen-bond donors (Lipinski definition) is 1. The Hall–Kier alpha value is -0.910. The first-order chi connectivity index (χ1) is 8.87. The Kier molecular flexibility index (Phi) is 3.99. The lowest BCUT2D eigenvalue weighted by Gasteiger charge is -2.24. The van der Waals surface area contributed by atoms with Crippen molar-refractivity contribution in [3.05, 3.63) is 29.3 Å². The molecule has 0 aromatic heterocycles. The summed E-state index contributed by atoms with van der Waals surface area (Å²) in [4.78, 5) is 0.341. The zero-order chi connectivity index (χ0) is 14.2. The molecule has 1 unspecified atom stereocenters. The summed E-state index contributed by atoms with van der Waals surface area (Å²) < 4.78 is 26.6. The first-order valence-corrected chi connectivity index (χ1v) is 8.09. The molecule has 0 amide bonds. The third kappa shape index (κ3) is 2.83. The van der Waals surface area contributed by atoms with E-state index in [0.717, 1.165) is 24.0 Å². The molecule has 5 heteroatoms. The van der Waals surface area contributed by atoms with Gasteiger partial charge in [-0.05, 0) is 55.9 Å². The highest BCUT2D eigenvalue weighted by Gasteiger charge is 2.36. The second-order valence-electron chi connectivity index (χ2n) is 5.39. The summed E-state index contributed by atoms with van der Waals surface area (Å²) in [7, 11) is -1.75. The van der Waals surface area contributed by atoms with Crippen LogP contribution < -0.4 is 5.73 Å². The van der Waals surface area contributed by atoms with Gasteiger partial charge >= 0.3 is 0 Å². The predicted octanol–water partition coefficient (Wildman–Crippen LogP) is 1.87. The fourth-order valence-corrected chi connectivity index (χ4v) is 3.76. The quantitative estimate of drug-likeness (QED) is 0.896. The molecule has 0 bridgehead atoms. The highest BCUT2D eigenvalue weighted by atomic mass is 32.2. The Morgan fingerprint density at radius 2 is 2.05 bits per heavy atom. The van der Waals surface area contributed by atoms with Crippen molar-refractivity contribution in [3.63, 3.8) is 0 Å². The van der Waals surface area contributed by atoms with Gasteiger partial charge in [0.25, 0.3) is 0 Å². The first-order valence-electron chi connectivity index (χ1n) is 6.65. The zero-order valence-electron chi connectivity index (χ0n) is 11.8. The van der Waals surface area contributed by atoms with Crippen LogP contribution in [0.25, 0.3) is 0 Å².